The number of anilines is 1. The van der Waals surface area contributed by atoms with Gasteiger partial charge in [-0.1, -0.05) is 36.4 Å². The summed E-state index contributed by atoms with van der Waals surface area (Å²) in [5, 5.41) is 12.6. The number of thiophene rings is 1. The van der Waals surface area contributed by atoms with Crippen molar-refractivity contribution < 1.29 is 14.3 Å². The zero-order valence-corrected chi connectivity index (χ0v) is 20.9. The largest absolute Gasteiger partial charge is 0.462 e. The Bertz CT molecular complexity index is 1170. The number of aromatic nitrogens is 3. The summed E-state index contributed by atoms with van der Waals surface area (Å²) in [6.45, 7) is 8.24. The molecule has 9 heteroatoms. The van der Waals surface area contributed by atoms with E-state index in [1.807, 2.05) is 42.7 Å². The van der Waals surface area contributed by atoms with E-state index in [4.69, 9.17) is 4.74 Å². The number of esters is 1. The highest BCUT2D eigenvalue weighted by Gasteiger charge is 2.29. The first-order chi connectivity index (χ1) is 15.9. The molecule has 2 aromatic heterocycles. The maximum Gasteiger partial charge on any atom is 0.341 e. The second-order valence-electron chi connectivity index (χ2n) is 8.31. The van der Waals surface area contributed by atoms with E-state index in [0.29, 0.717) is 28.2 Å². The maximum atomic E-state index is 12.9. The lowest BCUT2D eigenvalue weighted by molar-refractivity contribution is -0.113. The number of amides is 1. The minimum Gasteiger partial charge on any atom is -0.462 e. The zero-order chi connectivity index (χ0) is 23.5. The number of ether oxygens (including phenoxy) is 1. The fourth-order valence-electron chi connectivity index (χ4n) is 3.98. The number of nitrogens with zero attached hydrogens (tertiary/aromatic N) is 3. The van der Waals surface area contributed by atoms with Crippen LogP contribution in [0, 0.1) is 19.8 Å². The molecule has 1 amide bonds. The Balaban J connectivity index is 1.50. The molecule has 0 spiro atoms. The van der Waals surface area contributed by atoms with Gasteiger partial charge in [-0.3, -0.25) is 9.36 Å². The molecule has 4 rings (SSSR count). The average Bonchev–Trinajstić information content (AvgIpc) is 3.32. The Morgan fingerprint density at radius 2 is 2.00 bits per heavy atom. The molecule has 3 aromatic rings. The van der Waals surface area contributed by atoms with Crippen molar-refractivity contribution in [2.75, 3.05) is 17.7 Å². The molecule has 1 aliphatic carbocycles. The zero-order valence-electron chi connectivity index (χ0n) is 19.3. The van der Waals surface area contributed by atoms with Gasteiger partial charge in [0.05, 0.1) is 17.9 Å². The second-order valence-corrected chi connectivity index (χ2v) is 10.4. The van der Waals surface area contributed by atoms with Crippen LogP contribution in [0.2, 0.25) is 0 Å². The maximum absolute atomic E-state index is 12.9. The standard InChI is InChI=1S/C24H28N4O3S2/c1-5-31-23(30)21-18-11-8-15(3)12-19(18)33-22(21)25-20(29)13-32-24-27-26-16(4)28(24)17-9-6-14(2)7-10-17/h6-7,9-10,15H,5,8,11-13H2,1-4H3,(H,25,29). The molecule has 0 saturated heterocycles. The van der Waals surface area contributed by atoms with E-state index in [-0.39, 0.29) is 17.6 Å². The summed E-state index contributed by atoms with van der Waals surface area (Å²) in [6.07, 6.45) is 2.80. The number of carbonyl (C=O) groups excluding carboxylic acids is 2. The van der Waals surface area contributed by atoms with Gasteiger partial charge in [0.15, 0.2) is 5.16 Å². The van der Waals surface area contributed by atoms with Gasteiger partial charge in [0.1, 0.15) is 10.8 Å². The number of thioether (sulfide) groups is 1. The van der Waals surface area contributed by atoms with E-state index in [0.717, 1.165) is 36.3 Å². The van der Waals surface area contributed by atoms with Gasteiger partial charge in [-0.2, -0.15) is 0 Å². The van der Waals surface area contributed by atoms with Crippen molar-refractivity contribution in [2.45, 2.75) is 52.1 Å². The van der Waals surface area contributed by atoms with Gasteiger partial charge in [-0.15, -0.1) is 21.5 Å². The number of benzene rings is 1. The molecule has 1 aliphatic rings. The SMILES string of the molecule is CCOC(=O)c1c(NC(=O)CSc2nnc(C)n2-c2ccc(C)cc2)sc2c1CCC(C)C2. The summed E-state index contributed by atoms with van der Waals surface area (Å²) in [6, 6.07) is 8.09. The third-order valence-electron chi connectivity index (χ3n) is 5.66. The van der Waals surface area contributed by atoms with Gasteiger partial charge in [0.2, 0.25) is 5.91 Å². The first-order valence-corrected chi connectivity index (χ1v) is 12.9. The molecule has 2 heterocycles. The lowest BCUT2D eigenvalue weighted by atomic mass is 9.88. The van der Waals surface area contributed by atoms with Crippen LogP contribution < -0.4 is 5.32 Å². The van der Waals surface area contributed by atoms with Crippen LogP contribution in [0.4, 0.5) is 5.00 Å². The van der Waals surface area contributed by atoms with Gasteiger partial charge in [-0.25, -0.2) is 4.79 Å². The molecule has 1 aromatic carbocycles. The predicted octanol–water partition coefficient (Wildman–Crippen LogP) is 4.98. The molecule has 0 saturated carbocycles. The molecule has 0 fully saturated rings. The van der Waals surface area contributed by atoms with Crippen LogP contribution in [0.5, 0.6) is 0 Å². The lowest BCUT2D eigenvalue weighted by Crippen LogP contribution is -2.18. The van der Waals surface area contributed by atoms with E-state index in [2.05, 4.69) is 22.4 Å². The monoisotopic (exact) mass is 484 g/mol. The summed E-state index contributed by atoms with van der Waals surface area (Å²) in [7, 11) is 0. The highest BCUT2D eigenvalue weighted by atomic mass is 32.2. The van der Waals surface area contributed by atoms with Crippen LogP contribution >= 0.6 is 23.1 Å². The second kappa shape index (κ2) is 10.1. The molecule has 0 bridgehead atoms. The van der Waals surface area contributed by atoms with Crippen LogP contribution in [0.3, 0.4) is 0 Å². The van der Waals surface area contributed by atoms with Crippen molar-refractivity contribution in [3.63, 3.8) is 0 Å². The summed E-state index contributed by atoms with van der Waals surface area (Å²) >= 11 is 2.82. The molecule has 1 atom stereocenters. The van der Waals surface area contributed by atoms with Crippen LogP contribution in [-0.2, 0) is 22.4 Å². The number of aryl methyl sites for hydroxylation is 2. The Morgan fingerprint density at radius 1 is 1.24 bits per heavy atom. The molecular formula is C24H28N4O3S2. The average molecular weight is 485 g/mol. The van der Waals surface area contributed by atoms with Crippen molar-refractivity contribution in [3.8, 4) is 5.69 Å². The summed E-state index contributed by atoms with van der Waals surface area (Å²) in [5.41, 5.74) is 3.69. The number of carbonyl (C=O) groups is 2. The van der Waals surface area contributed by atoms with E-state index in [1.54, 1.807) is 6.92 Å². The van der Waals surface area contributed by atoms with Gasteiger partial charge in [-0.05, 0) is 63.6 Å². The third-order valence-corrected chi connectivity index (χ3v) is 7.76. The minimum atomic E-state index is -0.359. The fourth-order valence-corrected chi connectivity index (χ4v) is 6.19. The van der Waals surface area contributed by atoms with Gasteiger partial charge >= 0.3 is 5.97 Å². The number of fused-ring (bicyclic) bond motifs is 1. The van der Waals surface area contributed by atoms with Crippen LogP contribution in [0.1, 0.15) is 52.5 Å². The Kier molecular flexibility index (Phi) is 7.19. The van der Waals surface area contributed by atoms with Gasteiger partial charge < -0.3 is 10.1 Å². The van der Waals surface area contributed by atoms with Crippen LogP contribution in [0.15, 0.2) is 29.4 Å². The van der Waals surface area contributed by atoms with Crippen molar-refractivity contribution in [1.29, 1.82) is 0 Å². The normalized spacial score (nSPS) is 15.2. The predicted molar refractivity (Wildman–Crippen MR) is 132 cm³/mol. The van der Waals surface area contributed by atoms with Gasteiger partial charge in [0.25, 0.3) is 0 Å². The highest BCUT2D eigenvalue weighted by molar-refractivity contribution is 7.99. The van der Waals surface area contributed by atoms with Crippen molar-refractivity contribution >= 4 is 40.0 Å². The molecule has 0 radical (unpaired) electrons. The van der Waals surface area contributed by atoms with E-state index in [1.165, 1.54) is 33.5 Å². The molecule has 174 valence electrons. The molecule has 1 unspecified atom stereocenters. The number of nitrogens with one attached hydrogen (secondary N) is 1. The third kappa shape index (κ3) is 5.14. The van der Waals surface area contributed by atoms with Crippen LogP contribution in [0.25, 0.3) is 5.69 Å². The lowest BCUT2D eigenvalue weighted by Gasteiger charge is -2.18. The summed E-state index contributed by atoms with van der Waals surface area (Å²) in [5.74, 6) is 0.939. The molecule has 33 heavy (non-hydrogen) atoms. The first kappa shape index (κ1) is 23.5. The van der Waals surface area contributed by atoms with Crippen LogP contribution in [-0.4, -0.2) is 39.0 Å². The summed E-state index contributed by atoms with van der Waals surface area (Å²) in [4.78, 5) is 26.7. The van der Waals surface area contributed by atoms with Crippen molar-refractivity contribution in [1.82, 2.24) is 14.8 Å². The molecular weight excluding hydrogens is 456 g/mol. The molecule has 0 aliphatic heterocycles. The first-order valence-electron chi connectivity index (χ1n) is 11.1. The summed E-state index contributed by atoms with van der Waals surface area (Å²) < 4.78 is 7.23. The number of hydrogen-bond acceptors (Lipinski definition) is 7. The topological polar surface area (TPSA) is 86.1 Å². The quantitative estimate of drug-likeness (QED) is 0.376. The minimum absolute atomic E-state index is 0.158. The Labute approximate surface area is 201 Å². The number of hydrogen-bond donors (Lipinski definition) is 1. The fraction of sp³-hybridized carbons (Fsp3) is 0.417. The van der Waals surface area contributed by atoms with Crippen molar-refractivity contribution in [3.05, 3.63) is 51.7 Å². The van der Waals surface area contributed by atoms with Gasteiger partial charge in [0, 0.05) is 10.6 Å². The van der Waals surface area contributed by atoms with Crippen molar-refractivity contribution in [2.24, 2.45) is 5.92 Å². The Hall–Kier alpha value is -2.65. The smallest absolute Gasteiger partial charge is 0.341 e. The van der Waals surface area contributed by atoms with E-state index in [9.17, 15) is 9.59 Å². The number of rotatable bonds is 7. The molecule has 7 nitrogen and oxygen atoms in total. The molecule has 1 N–H and O–H groups in total. The van der Waals surface area contributed by atoms with E-state index >= 15 is 0 Å². The van der Waals surface area contributed by atoms with E-state index < -0.39 is 0 Å². The Morgan fingerprint density at radius 3 is 2.73 bits per heavy atom. The highest BCUT2D eigenvalue weighted by Crippen LogP contribution is 2.40.